The molecule has 33 heavy (non-hydrogen) atoms. The lowest BCUT2D eigenvalue weighted by Gasteiger charge is -2.22. The van der Waals surface area contributed by atoms with Gasteiger partial charge in [-0.25, -0.2) is 13.8 Å². The van der Waals surface area contributed by atoms with E-state index in [0.29, 0.717) is 35.5 Å². The van der Waals surface area contributed by atoms with Crippen molar-refractivity contribution in [1.29, 1.82) is 0 Å². The number of nitro groups is 1. The van der Waals surface area contributed by atoms with Crippen LogP contribution in [0, 0.1) is 21.7 Å². The highest BCUT2D eigenvalue weighted by Gasteiger charge is 2.34. The summed E-state index contributed by atoms with van der Waals surface area (Å²) in [7, 11) is 0. The molecule has 0 aliphatic carbocycles. The van der Waals surface area contributed by atoms with E-state index >= 15 is 0 Å². The second-order valence-corrected chi connectivity index (χ2v) is 7.82. The molecule has 1 amide bonds. The topological polar surface area (TPSA) is 89.5 Å². The van der Waals surface area contributed by atoms with Crippen LogP contribution in [-0.2, 0) is 0 Å². The fraction of sp³-hybridized carbons (Fsp3) is 0.167. The van der Waals surface area contributed by atoms with Crippen molar-refractivity contribution in [3.05, 3.63) is 93.9 Å². The van der Waals surface area contributed by atoms with Crippen LogP contribution in [0.4, 0.5) is 14.5 Å². The molecule has 0 N–H and O–H groups in total. The number of hydrogen-bond acceptors (Lipinski definition) is 5. The van der Waals surface area contributed by atoms with Crippen molar-refractivity contribution in [3.8, 4) is 11.1 Å². The number of halogens is 2. The first-order valence-electron chi connectivity index (χ1n) is 10.3. The van der Waals surface area contributed by atoms with Crippen LogP contribution in [0.1, 0.15) is 35.1 Å². The molecule has 0 saturated carbocycles. The van der Waals surface area contributed by atoms with Gasteiger partial charge in [-0.15, -0.1) is 0 Å². The van der Waals surface area contributed by atoms with E-state index in [1.807, 2.05) is 0 Å². The number of likely N-dealkylation sites (tertiary alicyclic amines) is 1. The number of non-ortho nitro benzene ring substituents is 1. The number of rotatable bonds is 4. The Balaban J connectivity index is 1.46. The van der Waals surface area contributed by atoms with Gasteiger partial charge in [0, 0.05) is 35.9 Å². The number of carbonyl (C=O) groups is 1. The smallest absolute Gasteiger partial charge is 0.270 e. The summed E-state index contributed by atoms with van der Waals surface area (Å²) in [6.07, 6.45) is 1.36. The SMILES string of the molecule is O=C(c1cccc([N+](=O)[O-])c1)N1CCC[C@@H]1c1nc2cc(-c3ccc(F)cc3F)ccc2o1. The zero-order chi connectivity index (χ0) is 23.1. The highest BCUT2D eigenvalue weighted by Crippen LogP contribution is 2.35. The number of benzene rings is 3. The van der Waals surface area contributed by atoms with E-state index < -0.39 is 22.6 Å². The quantitative estimate of drug-likeness (QED) is 0.296. The summed E-state index contributed by atoms with van der Waals surface area (Å²) in [5.74, 6) is -1.33. The van der Waals surface area contributed by atoms with E-state index in [1.165, 1.54) is 30.3 Å². The predicted octanol–water partition coefficient (Wildman–Crippen LogP) is 5.66. The van der Waals surface area contributed by atoms with E-state index in [-0.39, 0.29) is 22.7 Å². The molecule has 5 rings (SSSR count). The number of nitro benzene ring substituents is 1. The molecule has 9 heteroatoms. The number of aromatic nitrogens is 1. The van der Waals surface area contributed by atoms with Crippen molar-refractivity contribution in [2.24, 2.45) is 0 Å². The first kappa shape index (κ1) is 20.7. The van der Waals surface area contributed by atoms with E-state index in [0.717, 1.165) is 12.5 Å². The number of fused-ring (bicyclic) bond motifs is 1. The summed E-state index contributed by atoms with van der Waals surface area (Å²) >= 11 is 0. The zero-order valence-electron chi connectivity index (χ0n) is 17.2. The molecule has 1 fully saturated rings. The Morgan fingerprint density at radius 2 is 1.97 bits per heavy atom. The van der Waals surface area contributed by atoms with Gasteiger partial charge in [0.15, 0.2) is 5.58 Å². The first-order valence-corrected chi connectivity index (χ1v) is 10.3. The minimum absolute atomic E-state index is 0.154. The molecule has 1 atom stereocenters. The van der Waals surface area contributed by atoms with Gasteiger partial charge in [0.05, 0.1) is 4.92 Å². The third kappa shape index (κ3) is 3.82. The number of nitrogens with zero attached hydrogens (tertiary/aromatic N) is 3. The van der Waals surface area contributed by atoms with Crippen LogP contribution in [0.15, 0.2) is 65.1 Å². The normalized spacial score (nSPS) is 15.8. The Bertz CT molecular complexity index is 1400. The minimum atomic E-state index is -0.678. The van der Waals surface area contributed by atoms with E-state index in [9.17, 15) is 23.7 Å². The molecule has 0 radical (unpaired) electrons. The van der Waals surface area contributed by atoms with Gasteiger partial charge in [0.1, 0.15) is 23.2 Å². The Kier molecular flexibility index (Phi) is 5.08. The number of amides is 1. The van der Waals surface area contributed by atoms with Crippen molar-refractivity contribution in [2.45, 2.75) is 18.9 Å². The van der Waals surface area contributed by atoms with Crippen LogP contribution in [0.2, 0.25) is 0 Å². The van der Waals surface area contributed by atoms with Crippen molar-refractivity contribution in [1.82, 2.24) is 9.88 Å². The monoisotopic (exact) mass is 449 g/mol. The van der Waals surface area contributed by atoms with Crippen LogP contribution >= 0.6 is 0 Å². The van der Waals surface area contributed by atoms with Gasteiger partial charge in [-0.1, -0.05) is 12.1 Å². The highest BCUT2D eigenvalue weighted by atomic mass is 19.1. The van der Waals surface area contributed by atoms with Crippen LogP contribution in [0.25, 0.3) is 22.2 Å². The molecule has 166 valence electrons. The van der Waals surface area contributed by atoms with Gasteiger partial charge in [0.2, 0.25) is 5.89 Å². The number of hydrogen-bond donors (Lipinski definition) is 0. The van der Waals surface area contributed by atoms with E-state index in [4.69, 9.17) is 4.42 Å². The molecule has 1 aliphatic rings. The first-order chi connectivity index (χ1) is 15.9. The molecule has 2 heterocycles. The van der Waals surface area contributed by atoms with Crippen LogP contribution in [0.3, 0.4) is 0 Å². The Labute approximate surface area is 186 Å². The number of oxazole rings is 1. The van der Waals surface area contributed by atoms with Gasteiger partial charge in [-0.05, 0) is 48.7 Å². The largest absolute Gasteiger partial charge is 0.438 e. The van der Waals surface area contributed by atoms with Gasteiger partial charge >= 0.3 is 0 Å². The van der Waals surface area contributed by atoms with E-state index in [1.54, 1.807) is 29.2 Å². The molecule has 3 aromatic carbocycles. The average Bonchev–Trinajstić information content (AvgIpc) is 3.45. The minimum Gasteiger partial charge on any atom is -0.438 e. The molecule has 1 aliphatic heterocycles. The summed E-state index contributed by atoms with van der Waals surface area (Å²) in [6.45, 7) is 0.469. The fourth-order valence-electron chi connectivity index (χ4n) is 4.16. The molecule has 1 aromatic heterocycles. The third-order valence-corrected chi connectivity index (χ3v) is 5.75. The summed E-state index contributed by atoms with van der Waals surface area (Å²) < 4.78 is 33.3. The Hall–Kier alpha value is -4.14. The second-order valence-electron chi connectivity index (χ2n) is 7.82. The summed E-state index contributed by atoms with van der Waals surface area (Å²) in [6, 6.07) is 13.5. The molecule has 4 aromatic rings. The standard InChI is InChI=1S/C24H17F2N3O4/c25-16-7-8-18(19(26)13-16)14-6-9-22-20(12-14)27-23(33-22)21-5-2-10-28(21)24(30)15-3-1-4-17(11-15)29(31)32/h1,3-4,6-9,11-13,21H,2,5,10H2/t21-/m1/s1. The van der Waals surface area contributed by atoms with Crippen molar-refractivity contribution < 1.29 is 22.9 Å². The Morgan fingerprint density at radius 1 is 1.12 bits per heavy atom. The predicted molar refractivity (Wildman–Crippen MR) is 115 cm³/mol. The average molecular weight is 449 g/mol. The van der Waals surface area contributed by atoms with Crippen molar-refractivity contribution >= 4 is 22.7 Å². The lowest BCUT2D eigenvalue weighted by Crippen LogP contribution is -2.30. The number of carbonyl (C=O) groups excluding carboxylic acids is 1. The van der Waals surface area contributed by atoms with Crippen LogP contribution in [0.5, 0.6) is 0 Å². The Morgan fingerprint density at radius 3 is 2.76 bits per heavy atom. The second kappa shape index (κ2) is 8.09. The maximum absolute atomic E-state index is 14.2. The molecule has 1 saturated heterocycles. The third-order valence-electron chi connectivity index (χ3n) is 5.75. The molecular formula is C24H17F2N3O4. The summed E-state index contributed by atoms with van der Waals surface area (Å²) in [5, 5.41) is 11.1. The van der Waals surface area contributed by atoms with Crippen molar-refractivity contribution in [3.63, 3.8) is 0 Å². The molecular weight excluding hydrogens is 432 g/mol. The highest BCUT2D eigenvalue weighted by molar-refractivity contribution is 5.95. The van der Waals surface area contributed by atoms with Gasteiger partial charge in [0.25, 0.3) is 11.6 Å². The molecule has 0 bridgehead atoms. The molecule has 0 spiro atoms. The maximum atomic E-state index is 14.2. The van der Waals surface area contributed by atoms with Crippen LogP contribution in [-0.4, -0.2) is 27.3 Å². The fourth-order valence-corrected chi connectivity index (χ4v) is 4.16. The lowest BCUT2D eigenvalue weighted by atomic mass is 10.0. The van der Waals surface area contributed by atoms with Crippen molar-refractivity contribution in [2.75, 3.05) is 6.54 Å². The molecule has 0 unspecified atom stereocenters. The van der Waals surface area contributed by atoms with Gasteiger partial charge < -0.3 is 9.32 Å². The zero-order valence-corrected chi connectivity index (χ0v) is 17.2. The maximum Gasteiger partial charge on any atom is 0.270 e. The van der Waals surface area contributed by atoms with E-state index in [2.05, 4.69) is 4.98 Å². The molecule has 7 nitrogen and oxygen atoms in total. The lowest BCUT2D eigenvalue weighted by molar-refractivity contribution is -0.384. The summed E-state index contributed by atoms with van der Waals surface area (Å²) in [5.41, 5.74) is 1.80. The van der Waals surface area contributed by atoms with Gasteiger partial charge in [-0.2, -0.15) is 0 Å². The summed E-state index contributed by atoms with van der Waals surface area (Å²) in [4.78, 5) is 29.7. The van der Waals surface area contributed by atoms with Crippen LogP contribution < -0.4 is 0 Å². The van der Waals surface area contributed by atoms with Gasteiger partial charge in [-0.3, -0.25) is 14.9 Å².